The Labute approximate surface area is 256 Å². The Hall–Kier alpha value is -3.86. The molecule has 0 amide bonds. The van der Waals surface area contributed by atoms with E-state index in [4.69, 9.17) is 35.3 Å². The zero-order valence-electron chi connectivity index (χ0n) is 24.6. The molecule has 2 heterocycles. The van der Waals surface area contributed by atoms with Gasteiger partial charge in [-0.15, -0.1) is 0 Å². The van der Waals surface area contributed by atoms with E-state index in [1.165, 1.54) is 12.4 Å². The van der Waals surface area contributed by atoms with Crippen molar-refractivity contribution in [3.05, 3.63) is 71.3 Å². The van der Waals surface area contributed by atoms with Crippen molar-refractivity contribution in [1.82, 2.24) is 14.9 Å². The monoisotopic (exact) mass is 610 g/mol. The average Bonchev–Trinajstić information content (AvgIpc) is 3.03. The number of ether oxygens (including phenoxy) is 5. The smallest absolute Gasteiger partial charge is 0.162 e. The molecule has 1 aromatic heterocycles. The minimum atomic E-state index is -0.505. The molecule has 9 nitrogen and oxygen atoms in total. The first kappa shape index (κ1) is 30.6. The lowest BCUT2D eigenvalue weighted by Gasteiger charge is -2.27. The number of benzene rings is 3. The Kier molecular flexibility index (Phi) is 10.3. The zero-order valence-corrected chi connectivity index (χ0v) is 25.4. The van der Waals surface area contributed by atoms with Crippen molar-refractivity contribution < 1.29 is 28.1 Å². The van der Waals surface area contributed by atoms with Gasteiger partial charge in [-0.25, -0.2) is 14.4 Å². The van der Waals surface area contributed by atoms with E-state index >= 15 is 0 Å². The van der Waals surface area contributed by atoms with Crippen LogP contribution >= 0.6 is 11.6 Å². The standard InChI is InChI=1S/C32H36ClFN4O5/c1-4-42-24-8-6-22(29(17-24)39-2)20-38(23-7-9-27(34)26(33)16-23)32-25-18-31(30(40-3)19-28(25)35-21-36-32)43-13-5-10-37-11-14-41-15-12-37/h6-9,16-19,21H,4-5,10-15,20H2,1-3H3. The summed E-state index contributed by atoms with van der Waals surface area (Å²) in [6.07, 6.45) is 2.35. The fourth-order valence-electron chi connectivity index (χ4n) is 5.06. The largest absolute Gasteiger partial charge is 0.496 e. The number of aromatic nitrogens is 2. The Balaban J connectivity index is 1.51. The molecule has 43 heavy (non-hydrogen) atoms. The third kappa shape index (κ3) is 7.38. The second-order valence-corrected chi connectivity index (χ2v) is 10.4. The molecule has 0 N–H and O–H groups in total. The summed E-state index contributed by atoms with van der Waals surface area (Å²) in [4.78, 5) is 13.5. The molecular formula is C32H36ClFN4O5. The molecule has 5 rings (SSSR count). The Morgan fingerprint density at radius 1 is 0.953 bits per heavy atom. The van der Waals surface area contributed by atoms with E-state index in [1.807, 2.05) is 42.2 Å². The molecule has 228 valence electrons. The number of morpholine rings is 1. The van der Waals surface area contributed by atoms with E-state index in [1.54, 1.807) is 26.4 Å². The lowest BCUT2D eigenvalue weighted by molar-refractivity contribution is 0.0357. The highest BCUT2D eigenvalue weighted by atomic mass is 35.5. The summed E-state index contributed by atoms with van der Waals surface area (Å²) in [6, 6.07) is 14.0. The highest BCUT2D eigenvalue weighted by Crippen LogP contribution is 2.39. The van der Waals surface area contributed by atoms with E-state index < -0.39 is 5.82 Å². The minimum absolute atomic E-state index is 0.00507. The maximum Gasteiger partial charge on any atom is 0.162 e. The molecule has 0 aliphatic carbocycles. The molecule has 3 aromatic carbocycles. The van der Waals surface area contributed by atoms with Crippen LogP contribution in [0, 0.1) is 5.82 Å². The van der Waals surface area contributed by atoms with Crippen LogP contribution in [0.3, 0.4) is 0 Å². The minimum Gasteiger partial charge on any atom is -0.496 e. The van der Waals surface area contributed by atoms with Crippen LogP contribution in [-0.2, 0) is 11.3 Å². The second kappa shape index (κ2) is 14.5. The summed E-state index contributed by atoms with van der Waals surface area (Å²) in [5.74, 6) is 2.60. The summed E-state index contributed by atoms with van der Waals surface area (Å²) >= 11 is 6.25. The number of anilines is 2. The molecule has 1 fully saturated rings. The topological polar surface area (TPSA) is 78.4 Å². The Morgan fingerprint density at radius 2 is 1.77 bits per heavy atom. The number of nitrogens with zero attached hydrogens (tertiary/aromatic N) is 4. The van der Waals surface area contributed by atoms with Crippen LogP contribution in [0.2, 0.25) is 5.02 Å². The Morgan fingerprint density at radius 3 is 2.51 bits per heavy atom. The van der Waals surface area contributed by atoms with Crippen LogP contribution in [0.4, 0.5) is 15.9 Å². The van der Waals surface area contributed by atoms with Crippen LogP contribution in [0.1, 0.15) is 18.9 Å². The van der Waals surface area contributed by atoms with Gasteiger partial charge in [0.25, 0.3) is 0 Å². The predicted octanol–water partition coefficient (Wildman–Crippen LogP) is 6.28. The highest BCUT2D eigenvalue weighted by molar-refractivity contribution is 6.31. The summed E-state index contributed by atoms with van der Waals surface area (Å²) in [5, 5.41) is 0.738. The van der Waals surface area contributed by atoms with Crippen LogP contribution in [0.25, 0.3) is 10.9 Å². The van der Waals surface area contributed by atoms with E-state index in [9.17, 15) is 4.39 Å². The van der Waals surface area contributed by atoms with Gasteiger partial charge < -0.3 is 28.6 Å². The van der Waals surface area contributed by atoms with Gasteiger partial charge in [-0.05, 0) is 49.7 Å². The molecule has 0 radical (unpaired) electrons. The predicted molar refractivity (Wildman–Crippen MR) is 165 cm³/mol. The van der Waals surface area contributed by atoms with Crippen molar-refractivity contribution in [3.63, 3.8) is 0 Å². The summed E-state index contributed by atoms with van der Waals surface area (Å²) in [5.41, 5.74) is 2.18. The number of rotatable bonds is 13. The third-order valence-electron chi connectivity index (χ3n) is 7.25. The van der Waals surface area contributed by atoms with Gasteiger partial charge in [-0.1, -0.05) is 11.6 Å². The van der Waals surface area contributed by atoms with E-state index in [0.29, 0.717) is 59.8 Å². The van der Waals surface area contributed by atoms with Crippen molar-refractivity contribution in [2.45, 2.75) is 19.9 Å². The van der Waals surface area contributed by atoms with Gasteiger partial charge in [0.2, 0.25) is 0 Å². The molecule has 0 unspecified atom stereocenters. The number of methoxy groups -OCH3 is 2. The average molecular weight is 611 g/mol. The van der Waals surface area contributed by atoms with Gasteiger partial charge in [0, 0.05) is 48.4 Å². The van der Waals surface area contributed by atoms with Crippen molar-refractivity contribution in [2.75, 3.05) is 65.2 Å². The van der Waals surface area contributed by atoms with Crippen LogP contribution in [-0.4, -0.2) is 75.1 Å². The summed E-state index contributed by atoms with van der Waals surface area (Å²) < 4.78 is 42.9. The van der Waals surface area contributed by atoms with Gasteiger partial charge in [-0.2, -0.15) is 0 Å². The molecule has 1 aliphatic heterocycles. The molecule has 0 spiro atoms. The normalized spacial score (nSPS) is 13.6. The molecule has 1 saturated heterocycles. The SMILES string of the molecule is CCOc1ccc(CN(c2ccc(F)c(Cl)c2)c2ncnc3cc(OC)c(OCCCN4CCOCC4)cc23)c(OC)c1. The van der Waals surface area contributed by atoms with Crippen LogP contribution in [0.15, 0.2) is 54.9 Å². The maximum atomic E-state index is 14.2. The van der Waals surface area contributed by atoms with E-state index in [-0.39, 0.29) is 5.02 Å². The number of hydrogen-bond donors (Lipinski definition) is 0. The first-order valence-electron chi connectivity index (χ1n) is 14.3. The van der Waals surface area contributed by atoms with E-state index in [0.717, 1.165) is 50.2 Å². The van der Waals surface area contributed by atoms with Crippen LogP contribution < -0.4 is 23.8 Å². The van der Waals surface area contributed by atoms with Gasteiger partial charge in [0.15, 0.2) is 11.5 Å². The molecule has 4 aromatic rings. The zero-order chi connectivity index (χ0) is 30.2. The first-order valence-corrected chi connectivity index (χ1v) is 14.7. The molecule has 1 aliphatic rings. The highest BCUT2D eigenvalue weighted by Gasteiger charge is 2.21. The molecular weight excluding hydrogens is 575 g/mol. The van der Waals surface area contributed by atoms with Crippen molar-refractivity contribution >= 4 is 34.0 Å². The third-order valence-corrected chi connectivity index (χ3v) is 7.54. The fraction of sp³-hybridized carbons (Fsp3) is 0.375. The molecule has 0 atom stereocenters. The number of fused-ring (bicyclic) bond motifs is 1. The van der Waals surface area contributed by atoms with Gasteiger partial charge in [-0.3, -0.25) is 4.90 Å². The van der Waals surface area contributed by atoms with Crippen molar-refractivity contribution in [3.8, 4) is 23.0 Å². The maximum absolute atomic E-state index is 14.2. The van der Waals surface area contributed by atoms with Gasteiger partial charge >= 0.3 is 0 Å². The van der Waals surface area contributed by atoms with E-state index in [2.05, 4.69) is 14.9 Å². The quantitative estimate of drug-likeness (QED) is 0.163. The summed E-state index contributed by atoms with van der Waals surface area (Å²) in [7, 11) is 3.22. The molecule has 0 saturated carbocycles. The van der Waals surface area contributed by atoms with Crippen molar-refractivity contribution in [1.29, 1.82) is 0 Å². The Bertz CT molecular complexity index is 1540. The molecule has 0 bridgehead atoms. The number of halogens is 2. The summed E-state index contributed by atoms with van der Waals surface area (Å²) in [6.45, 7) is 7.64. The van der Waals surface area contributed by atoms with Crippen LogP contribution in [0.5, 0.6) is 23.0 Å². The van der Waals surface area contributed by atoms with Gasteiger partial charge in [0.1, 0.15) is 29.5 Å². The molecule has 11 heteroatoms. The number of hydrogen-bond acceptors (Lipinski definition) is 9. The van der Waals surface area contributed by atoms with Crippen molar-refractivity contribution in [2.24, 2.45) is 0 Å². The lowest BCUT2D eigenvalue weighted by atomic mass is 10.1. The first-order chi connectivity index (χ1) is 21.0. The second-order valence-electron chi connectivity index (χ2n) is 9.96. The fourth-order valence-corrected chi connectivity index (χ4v) is 5.23. The van der Waals surface area contributed by atoms with Gasteiger partial charge in [0.05, 0.1) is 57.7 Å². The lowest BCUT2D eigenvalue weighted by Crippen LogP contribution is -2.37.